The van der Waals surface area contributed by atoms with E-state index in [0.717, 1.165) is 23.0 Å². The van der Waals surface area contributed by atoms with Gasteiger partial charge in [-0.3, -0.25) is 0 Å². The molecule has 18 heavy (non-hydrogen) atoms. The van der Waals surface area contributed by atoms with Crippen LogP contribution in [0, 0.1) is 0 Å². The average Bonchev–Trinajstić information content (AvgIpc) is 2.68. The topological polar surface area (TPSA) is 23.5 Å². The van der Waals surface area contributed by atoms with E-state index in [-0.39, 0.29) is 5.38 Å². The zero-order chi connectivity index (χ0) is 12.9. The molecule has 0 aromatic heterocycles. The van der Waals surface area contributed by atoms with Crippen LogP contribution in [0.4, 0.5) is 5.69 Å². The van der Waals surface area contributed by atoms with E-state index in [1.54, 1.807) is 0 Å². The van der Waals surface area contributed by atoms with Crippen molar-refractivity contribution < 1.29 is 5.11 Å². The molecule has 0 saturated heterocycles. The van der Waals surface area contributed by atoms with Crippen molar-refractivity contribution in [1.82, 2.24) is 0 Å². The van der Waals surface area contributed by atoms with Gasteiger partial charge in [-0.1, -0.05) is 24.3 Å². The highest BCUT2D eigenvalue weighted by atomic mass is 35.5. The van der Waals surface area contributed by atoms with Crippen LogP contribution in [0.15, 0.2) is 30.3 Å². The van der Waals surface area contributed by atoms with Gasteiger partial charge in [0.15, 0.2) is 0 Å². The van der Waals surface area contributed by atoms with Gasteiger partial charge in [0.2, 0.25) is 0 Å². The maximum absolute atomic E-state index is 10.1. The van der Waals surface area contributed by atoms with Crippen LogP contribution in [0.1, 0.15) is 18.4 Å². The van der Waals surface area contributed by atoms with Gasteiger partial charge in [-0.05, 0) is 17.9 Å². The van der Waals surface area contributed by atoms with Gasteiger partial charge in [-0.15, -0.1) is 11.6 Å². The third-order valence-electron chi connectivity index (χ3n) is 3.85. The van der Waals surface area contributed by atoms with Gasteiger partial charge < -0.3 is 10.0 Å². The lowest BCUT2D eigenvalue weighted by molar-refractivity contribution is 0.481. The second-order valence-electron chi connectivity index (χ2n) is 5.04. The number of hydrogen-bond donors (Lipinski definition) is 1. The Labute approximate surface area is 112 Å². The number of likely N-dealkylation sites (N-methyl/N-ethyl adjacent to an activating group) is 1. The molecule has 0 radical (unpaired) electrons. The Hall–Kier alpha value is -1.41. The number of halogens is 1. The predicted octanol–water partition coefficient (Wildman–Crippen LogP) is 3.71. The Morgan fingerprint density at radius 3 is 2.67 bits per heavy atom. The molecular weight excluding hydrogens is 246 g/mol. The minimum atomic E-state index is 0.0849. The van der Waals surface area contributed by atoms with E-state index in [1.807, 2.05) is 38.2 Å². The number of rotatable bonds is 1. The SMILES string of the molecule is C[C@@H](Cl)[C@@H]1CN(C)c2cc(O)c3ccccc3c21. The van der Waals surface area contributed by atoms with Crippen molar-refractivity contribution in [1.29, 1.82) is 0 Å². The molecule has 0 amide bonds. The molecular formula is C15H16ClNO. The Balaban J connectivity index is 2.36. The molecule has 0 saturated carbocycles. The minimum absolute atomic E-state index is 0.0849. The first-order valence-electron chi connectivity index (χ1n) is 6.19. The molecule has 3 rings (SSSR count). The van der Waals surface area contributed by atoms with Crippen molar-refractivity contribution in [2.75, 3.05) is 18.5 Å². The van der Waals surface area contributed by atoms with Gasteiger partial charge in [0, 0.05) is 42.0 Å². The number of anilines is 1. The second kappa shape index (κ2) is 4.06. The highest BCUT2D eigenvalue weighted by Crippen LogP contribution is 2.45. The highest BCUT2D eigenvalue weighted by Gasteiger charge is 2.32. The summed E-state index contributed by atoms with van der Waals surface area (Å²) in [6.07, 6.45) is 0. The first kappa shape index (κ1) is 11.7. The molecule has 0 aliphatic carbocycles. The number of benzene rings is 2. The standard InChI is InChI=1S/C15H16ClNO/c1-9(16)12-8-17(2)13-7-14(18)10-5-3-4-6-11(10)15(12)13/h3-7,9,12,18H,8H2,1-2H3/t9-,12+/m1/s1. The molecule has 2 nitrogen and oxygen atoms in total. The average molecular weight is 262 g/mol. The summed E-state index contributed by atoms with van der Waals surface area (Å²) in [7, 11) is 2.05. The van der Waals surface area contributed by atoms with Crippen LogP contribution in [0.3, 0.4) is 0 Å². The molecule has 1 heterocycles. The van der Waals surface area contributed by atoms with Crippen LogP contribution in [-0.2, 0) is 0 Å². The summed E-state index contributed by atoms with van der Waals surface area (Å²) in [5, 5.41) is 12.2. The number of alkyl halides is 1. The van der Waals surface area contributed by atoms with Crippen molar-refractivity contribution in [3.05, 3.63) is 35.9 Å². The number of aromatic hydroxyl groups is 1. The van der Waals surface area contributed by atoms with E-state index in [2.05, 4.69) is 11.0 Å². The van der Waals surface area contributed by atoms with Crippen LogP contribution >= 0.6 is 11.6 Å². The van der Waals surface area contributed by atoms with E-state index in [9.17, 15) is 5.11 Å². The van der Waals surface area contributed by atoms with Crippen LogP contribution in [0.2, 0.25) is 0 Å². The van der Waals surface area contributed by atoms with Crippen LogP contribution in [-0.4, -0.2) is 24.1 Å². The molecule has 0 spiro atoms. The molecule has 0 unspecified atom stereocenters. The molecule has 1 aliphatic heterocycles. The number of phenols is 1. The van der Waals surface area contributed by atoms with E-state index < -0.39 is 0 Å². The molecule has 0 fully saturated rings. The summed E-state index contributed by atoms with van der Waals surface area (Å²) >= 11 is 6.33. The van der Waals surface area contributed by atoms with Crippen molar-refractivity contribution in [2.45, 2.75) is 18.2 Å². The van der Waals surface area contributed by atoms with Crippen molar-refractivity contribution in [3.63, 3.8) is 0 Å². The largest absolute Gasteiger partial charge is 0.507 e. The molecule has 1 aliphatic rings. The lowest BCUT2D eigenvalue weighted by Gasteiger charge is -2.15. The smallest absolute Gasteiger partial charge is 0.125 e. The van der Waals surface area contributed by atoms with Gasteiger partial charge >= 0.3 is 0 Å². The molecule has 2 atom stereocenters. The number of fused-ring (bicyclic) bond motifs is 3. The van der Waals surface area contributed by atoms with Crippen LogP contribution < -0.4 is 4.90 Å². The summed E-state index contributed by atoms with van der Waals surface area (Å²) in [5.74, 6) is 0.663. The number of phenolic OH excluding ortho intramolecular Hbond substituents is 1. The van der Waals surface area contributed by atoms with Crippen molar-refractivity contribution in [3.8, 4) is 5.75 Å². The first-order chi connectivity index (χ1) is 8.59. The minimum Gasteiger partial charge on any atom is -0.507 e. The molecule has 3 heteroatoms. The second-order valence-corrected chi connectivity index (χ2v) is 5.73. The van der Waals surface area contributed by atoms with Crippen molar-refractivity contribution in [2.24, 2.45) is 0 Å². The van der Waals surface area contributed by atoms with Gasteiger partial charge in [0.1, 0.15) is 5.75 Å². The summed E-state index contributed by atoms with van der Waals surface area (Å²) < 4.78 is 0. The van der Waals surface area contributed by atoms with Gasteiger partial charge in [-0.25, -0.2) is 0 Å². The quantitative estimate of drug-likeness (QED) is 0.791. The maximum atomic E-state index is 10.1. The van der Waals surface area contributed by atoms with Gasteiger partial charge in [0.05, 0.1) is 0 Å². The number of hydrogen-bond acceptors (Lipinski definition) is 2. The molecule has 2 aromatic carbocycles. The zero-order valence-corrected chi connectivity index (χ0v) is 11.3. The fourth-order valence-electron chi connectivity index (χ4n) is 2.93. The van der Waals surface area contributed by atoms with Crippen LogP contribution in [0.5, 0.6) is 5.75 Å². The van der Waals surface area contributed by atoms with E-state index in [1.165, 1.54) is 5.56 Å². The van der Waals surface area contributed by atoms with Gasteiger partial charge in [0.25, 0.3) is 0 Å². The fraction of sp³-hybridized carbons (Fsp3) is 0.333. The van der Waals surface area contributed by atoms with Gasteiger partial charge in [-0.2, -0.15) is 0 Å². The zero-order valence-electron chi connectivity index (χ0n) is 10.5. The lowest BCUT2D eigenvalue weighted by atomic mass is 9.92. The van der Waals surface area contributed by atoms with Crippen LogP contribution in [0.25, 0.3) is 10.8 Å². The highest BCUT2D eigenvalue weighted by molar-refractivity contribution is 6.21. The lowest BCUT2D eigenvalue weighted by Crippen LogP contribution is -2.19. The summed E-state index contributed by atoms with van der Waals surface area (Å²) in [5.41, 5.74) is 2.37. The Kier molecular flexibility index (Phi) is 2.63. The Morgan fingerprint density at radius 1 is 1.33 bits per heavy atom. The third-order valence-corrected chi connectivity index (χ3v) is 4.15. The monoisotopic (exact) mass is 261 g/mol. The summed E-state index contributed by atoms with van der Waals surface area (Å²) in [6, 6.07) is 9.85. The molecule has 2 aromatic rings. The number of nitrogens with zero attached hydrogens (tertiary/aromatic N) is 1. The van der Waals surface area contributed by atoms with E-state index >= 15 is 0 Å². The summed E-state index contributed by atoms with van der Waals surface area (Å²) in [6.45, 7) is 2.95. The Morgan fingerprint density at radius 2 is 2.00 bits per heavy atom. The molecule has 94 valence electrons. The molecule has 1 N–H and O–H groups in total. The normalized spacial score (nSPS) is 20.2. The fourth-order valence-corrected chi connectivity index (χ4v) is 3.14. The Bertz CT molecular complexity index is 609. The van der Waals surface area contributed by atoms with E-state index in [4.69, 9.17) is 11.6 Å². The molecule has 0 bridgehead atoms. The van der Waals surface area contributed by atoms with E-state index in [0.29, 0.717) is 11.7 Å². The third kappa shape index (κ3) is 1.56. The van der Waals surface area contributed by atoms with Crippen molar-refractivity contribution >= 4 is 28.1 Å². The summed E-state index contributed by atoms with van der Waals surface area (Å²) in [4.78, 5) is 2.17. The first-order valence-corrected chi connectivity index (χ1v) is 6.63. The maximum Gasteiger partial charge on any atom is 0.125 e. The predicted molar refractivity (Wildman–Crippen MR) is 76.9 cm³/mol.